The molecule has 4 heteroatoms. The van der Waals surface area contributed by atoms with Gasteiger partial charge in [-0.05, 0) is 30.2 Å². The maximum Gasteiger partial charge on any atom is 0.407 e. The molecule has 19 heavy (non-hydrogen) atoms. The molecular weight excluding hydrogens is 240 g/mol. The Balaban J connectivity index is 1.35. The maximum absolute atomic E-state index is 11.6. The first-order valence-electron chi connectivity index (χ1n) is 6.94. The van der Waals surface area contributed by atoms with E-state index in [1.54, 1.807) is 0 Å². The molecule has 1 spiro atoms. The number of benzene rings is 1. The fraction of sp³-hybridized carbons (Fsp3) is 0.533. The van der Waals surface area contributed by atoms with Crippen LogP contribution in [0.1, 0.15) is 24.8 Å². The molecule has 2 fully saturated rings. The van der Waals surface area contributed by atoms with Crippen LogP contribution in [-0.2, 0) is 11.3 Å². The standard InChI is InChI=1S/C15H20N2O2/c18-14(19-10-12-4-2-1-3-5-12)16-9-13-8-15(6-7-15)11-17-13/h1-5,13,17H,6-11H2,(H,16,18)/t13-/m0/s1. The van der Waals surface area contributed by atoms with E-state index in [2.05, 4.69) is 10.6 Å². The SMILES string of the molecule is O=C(NC[C@@H]1CC2(CC2)CN1)OCc1ccccc1. The summed E-state index contributed by atoms with van der Waals surface area (Å²) < 4.78 is 5.18. The molecule has 1 aromatic carbocycles. The van der Waals surface area contributed by atoms with Gasteiger partial charge in [0.2, 0.25) is 0 Å². The maximum atomic E-state index is 11.6. The van der Waals surface area contributed by atoms with Gasteiger partial charge in [0.15, 0.2) is 0 Å². The quantitative estimate of drug-likeness (QED) is 0.871. The molecule has 1 aliphatic heterocycles. The first-order chi connectivity index (χ1) is 9.26. The van der Waals surface area contributed by atoms with Gasteiger partial charge in [0.25, 0.3) is 0 Å². The van der Waals surface area contributed by atoms with Gasteiger partial charge >= 0.3 is 6.09 Å². The van der Waals surface area contributed by atoms with E-state index >= 15 is 0 Å². The van der Waals surface area contributed by atoms with Crippen LogP contribution in [0.3, 0.4) is 0 Å². The monoisotopic (exact) mass is 260 g/mol. The third-order valence-electron chi connectivity index (χ3n) is 4.11. The molecule has 1 saturated heterocycles. The predicted molar refractivity (Wildman–Crippen MR) is 72.7 cm³/mol. The van der Waals surface area contributed by atoms with Gasteiger partial charge in [-0.25, -0.2) is 4.79 Å². The van der Waals surface area contributed by atoms with E-state index in [4.69, 9.17) is 4.74 Å². The second kappa shape index (κ2) is 5.21. The number of nitrogens with one attached hydrogen (secondary N) is 2. The summed E-state index contributed by atoms with van der Waals surface area (Å²) in [5.41, 5.74) is 1.58. The highest BCUT2D eigenvalue weighted by molar-refractivity contribution is 5.67. The van der Waals surface area contributed by atoms with Gasteiger partial charge in [-0.15, -0.1) is 0 Å². The van der Waals surface area contributed by atoms with Crippen LogP contribution in [0.15, 0.2) is 30.3 Å². The van der Waals surface area contributed by atoms with Crippen LogP contribution in [0, 0.1) is 5.41 Å². The van der Waals surface area contributed by atoms with Crippen molar-refractivity contribution in [2.45, 2.75) is 31.9 Å². The van der Waals surface area contributed by atoms with E-state index in [-0.39, 0.29) is 6.09 Å². The molecule has 1 saturated carbocycles. The van der Waals surface area contributed by atoms with Gasteiger partial charge in [0, 0.05) is 19.1 Å². The highest BCUT2D eigenvalue weighted by Gasteiger charge is 2.47. The summed E-state index contributed by atoms with van der Waals surface area (Å²) in [6, 6.07) is 10.1. The zero-order chi connectivity index (χ0) is 13.1. The highest BCUT2D eigenvalue weighted by Crippen LogP contribution is 2.51. The minimum atomic E-state index is -0.331. The summed E-state index contributed by atoms with van der Waals surface area (Å²) in [6.07, 6.45) is 3.54. The number of rotatable bonds is 4. The van der Waals surface area contributed by atoms with Gasteiger partial charge in [0.1, 0.15) is 6.61 Å². The number of hydrogen-bond donors (Lipinski definition) is 2. The largest absolute Gasteiger partial charge is 0.445 e. The topological polar surface area (TPSA) is 50.4 Å². The average Bonchev–Trinajstić information content (AvgIpc) is 3.07. The molecule has 0 aromatic heterocycles. The minimum absolute atomic E-state index is 0.328. The van der Waals surface area contributed by atoms with Crippen LogP contribution in [0.25, 0.3) is 0 Å². The zero-order valence-corrected chi connectivity index (χ0v) is 11.0. The molecule has 1 amide bonds. The smallest absolute Gasteiger partial charge is 0.407 e. The second-order valence-electron chi connectivity index (χ2n) is 5.72. The third-order valence-corrected chi connectivity index (χ3v) is 4.11. The molecule has 0 bridgehead atoms. The number of carbonyl (C=O) groups excluding carboxylic acids is 1. The summed E-state index contributed by atoms with van der Waals surface area (Å²) >= 11 is 0. The lowest BCUT2D eigenvalue weighted by atomic mass is 10.0. The van der Waals surface area contributed by atoms with E-state index in [9.17, 15) is 4.79 Å². The molecule has 1 aliphatic carbocycles. The Bertz CT molecular complexity index is 443. The molecule has 2 N–H and O–H groups in total. The summed E-state index contributed by atoms with van der Waals surface area (Å²) in [5, 5.41) is 6.30. The first-order valence-corrected chi connectivity index (χ1v) is 6.94. The number of amides is 1. The molecule has 4 nitrogen and oxygen atoms in total. The fourth-order valence-electron chi connectivity index (χ4n) is 2.71. The molecule has 1 aromatic rings. The lowest BCUT2D eigenvalue weighted by molar-refractivity contribution is 0.138. The van der Waals surface area contributed by atoms with E-state index in [0.717, 1.165) is 12.1 Å². The Kier molecular flexibility index (Phi) is 3.42. The van der Waals surface area contributed by atoms with Crippen molar-refractivity contribution < 1.29 is 9.53 Å². The first kappa shape index (κ1) is 12.5. The van der Waals surface area contributed by atoms with E-state index in [0.29, 0.717) is 24.6 Å². The van der Waals surface area contributed by atoms with Crippen LogP contribution in [0.5, 0.6) is 0 Å². The van der Waals surface area contributed by atoms with Crippen molar-refractivity contribution in [2.24, 2.45) is 5.41 Å². The Morgan fingerprint density at radius 1 is 1.37 bits per heavy atom. The lowest BCUT2D eigenvalue weighted by Gasteiger charge is -2.12. The molecule has 102 valence electrons. The zero-order valence-electron chi connectivity index (χ0n) is 11.0. The van der Waals surface area contributed by atoms with Crippen molar-refractivity contribution in [1.29, 1.82) is 0 Å². The summed E-state index contributed by atoms with van der Waals surface area (Å²) in [4.78, 5) is 11.6. The Morgan fingerprint density at radius 2 is 2.16 bits per heavy atom. The summed E-state index contributed by atoms with van der Waals surface area (Å²) in [5.74, 6) is 0. The third kappa shape index (κ3) is 3.26. The van der Waals surface area contributed by atoms with Crippen LogP contribution >= 0.6 is 0 Å². The predicted octanol–water partition coefficient (Wildman–Crippen LogP) is 2.05. The van der Waals surface area contributed by atoms with Crippen molar-refractivity contribution in [3.63, 3.8) is 0 Å². The van der Waals surface area contributed by atoms with Crippen LogP contribution in [0.2, 0.25) is 0 Å². The summed E-state index contributed by atoms with van der Waals surface area (Å²) in [7, 11) is 0. The molecule has 3 rings (SSSR count). The van der Waals surface area contributed by atoms with Gasteiger partial charge in [-0.3, -0.25) is 0 Å². The van der Waals surface area contributed by atoms with Gasteiger partial charge < -0.3 is 15.4 Å². The molecule has 1 atom stereocenters. The Morgan fingerprint density at radius 3 is 2.84 bits per heavy atom. The van der Waals surface area contributed by atoms with Crippen LogP contribution < -0.4 is 10.6 Å². The fourth-order valence-corrected chi connectivity index (χ4v) is 2.71. The van der Waals surface area contributed by atoms with Crippen molar-refractivity contribution >= 4 is 6.09 Å². The van der Waals surface area contributed by atoms with E-state index in [1.807, 2.05) is 30.3 Å². The van der Waals surface area contributed by atoms with Gasteiger partial charge in [-0.1, -0.05) is 30.3 Å². The minimum Gasteiger partial charge on any atom is -0.445 e. The van der Waals surface area contributed by atoms with Gasteiger partial charge in [0.05, 0.1) is 0 Å². The van der Waals surface area contributed by atoms with Crippen LogP contribution in [-0.4, -0.2) is 25.2 Å². The average molecular weight is 260 g/mol. The second-order valence-corrected chi connectivity index (χ2v) is 5.72. The number of carbonyl (C=O) groups is 1. The molecule has 0 unspecified atom stereocenters. The number of ether oxygens (including phenoxy) is 1. The Hall–Kier alpha value is -1.55. The van der Waals surface area contributed by atoms with E-state index < -0.39 is 0 Å². The Labute approximate surface area is 113 Å². The lowest BCUT2D eigenvalue weighted by Crippen LogP contribution is -2.37. The normalized spacial score (nSPS) is 23.3. The molecule has 1 heterocycles. The molecular formula is C15H20N2O2. The van der Waals surface area contributed by atoms with Gasteiger partial charge in [-0.2, -0.15) is 0 Å². The highest BCUT2D eigenvalue weighted by atomic mass is 16.5. The number of alkyl carbamates (subject to hydrolysis) is 1. The summed E-state index contributed by atoms with van der Waals surface area (Å²) in [6.45, 7) is 2.10. The molecule has 0 radical (unpaired) electrons. The van der Waals surface area contributed by atoms with E-state index in [1.165, 1.54) is 19.3 Å². The van der Waals surface area contributed by atoms with Crippen LogP contribution in [0.4, 0.5) is 4.79 Å². The molecule has 2 aliphatic rings. The van der Waals surface area contributed by atoms with Crippen molar-refractivity contribution in [1.82, 2.24) is 10.6 Å². The van der Waals surface area contributed by atoms with Crippen molar-refractivity contribution in [3.8, 4) is 0 Å². The number of hydrogen-bond acceptors (Lipinski definition) is 3. The van der Waals surface area contributed by atoms with Crippen molar-refractivity contribution in [3.05, 3.63) is 35.9 Å². The van der Waals surface area contributed by atoms with Crippen molar-refractivity contribution in [2.75, 3.05) is 13.1 Å².